The second-order valence-electron chi connectivity index (χ2n) is 5.00. The number of nitrogens with zero attached hydrogens (tertiary/aromatic N) is 1. The summed E-state index contributed by atoms with van der Waals surface area (Å²) in [4.78, 5) is 2.36. The van der Waals surface area contributed by atoms with Gasteiger partial charge in [-0.15, -0.1) is 0 Å². The van der Waals surface area contributed by atoms with E-state index < -0.39 is 78.8 Å². The summed E-state index contributed by atoms with van der Waals surface area (Å²) in [5.74, 6) is -23.4. The summed E-state index contributed by atoms with van der Waals surface area (Å²) >= 11 is 0. The zero-order chi connectivity index (χ0) is 22.7. The molecule has 0 saturated carbocycles. The molecule has 16 heteroatoms. The van der Waals surface area contributed by atoms with Gasteiger partial charge in [0.05, 0.1) is 0 Å². The molecule has 0 spiro atoms. The molecule has 1 aromatic carbocycles. The van der Waals surface area contributed by atoms with Crippen molar-refractivity contribution < 1.29 is 66.5 Å². The largest absolute Gasteiger partial charge is 0.444 e. The number of ether oxygens (including phenoxy) is 2. The molecule has 0 heterocycles. The monoisotopic (exact) mass is 455 g/mol. The Bertz CT molecular complexity index is 711. The predicted molar refractivity (Wildman–Crippen MR) is 67.1 cm³/mol. The number of aliphatic imine (C=N–C) groups is 1. The summed E-state index contributed by atoms with van der Waals surface area (Å²) in [5, 5.41) is 0. The van der Waals surface area contributed by atoms with Gasteiger partial charge in [-0.05, 0) is 0 Å². The van der Waals surface area contributed by atoms with Crippen molar-refractivity contribution in [1.82, 2.24) is 0 Å². The molecule has 0 unspecified atom stereocenters. The Labute approximate surface area is 151 Å². The smallest absolute Gasteiger partial charge is 0.389 e. The average molecular weight is 455 g/mol. The van der Waals surface area contributed by atoms with E-state index in [4.69, 9.17) is 0 Å². The van der Waals surface area contributed by atoms with Gasteiger partial charge in [-0.1, -0.05) is 0 Å². The zero-order valence-corrected chi connectivity index (χ0v) is 13.2. The minimum atomic E-state index is -5.02. The van der Waals surface area contributed by atoms with Crippen molar-refractivity contribution in [3.05, 3.63) is 29.1 Å². The molecule has 0 bridgehead atoms. The number of halogens is 13. The molecular weight excluding hydrogens is 449 g/mol. The molecule has 0 aliphatic heterocycles. The number of rotatable bonds is 7. The van der Waals surface area contributed by atoms with Crippen LogP contribution in [0.25, 0.3) is 0 Å². The summed E-state index contributed by atoms with van der Waals surface area (Å²) in [6.07, 6.45) is -11.0. The Balaban J connectivity index is 3.34. The van der Waals surface area contributed by atoms with E-state index in [2.05, 4.69) is 14.5 Å². The highest BCUT2D eigenvalue weighted by Gasteiger charge is 2.44. The van der Waals surface area contributed by atoms with Crippen LogP contribution in [-0.2, 0) is 9.47 Å². The predicted octanol–water partition coefficient (Wildman–Crippen LogP) is 5.20. The summed E-state index contributed by atoms with van der Waals surface area (Å²) in [6, 6.07) is 0. The molecule has 0 aliphatic carbocycles. The molecule has 29 heavy (non-hydrogen) atoms. The molecule has 0 radical (unpaired) electrons. The Kier molecular flexibility index (Phi) is 7.59. The van der Waals surface area contributed by atoms with E-state index in [1.165, 1.54) is 0 Å². The van der Waals surface area contributed by atoms with Crippen molar-refractivity contribution in [1.29, 1.82) is 0 Å². The SMILES string of the molecule is Fc1c(F)c(F)c(N=C(OCC(F)(F)C(F)F)OCC(F)(F)C(F)F)c(F)c1F. The van der Waals surface area contributed by atoms with E-state index in [1.807, 2.05) is 0 Å². The fourth-order valence-corrected chi connectivity index (χ4v) is 1.33. The van der Waals surface area contributed by atoms with Gasteiger partial charge in [0, 0.05) is 0 Å². The fourth-order valence-electron chi connectivity index (χ4n) is 1.33. The maximum atomic E-state index is 13.5. The quantitative estimate of drug-likeness (QED) is 0.186. The number of hydrogen-bond donors (Lipinski definition) is 0. The third-order valence-electron chi connectivity index (χ3n) is 2.80. The maximum Gasteiger partial charge on any atom is 0.389 e. The number of benzene rings is 1. The maximum absolute atomic E-state index is 13.5. The third-order valence-corrected chi connectivity index (χ3v) is 2.80. The van der Waals surface area contributed by atoms with Crippen LogP contribution in [0, 0.1) is 29.1 Å². The van der Waals surface area contributed by atoms with E-state index in [0.29, 0.717) is 0 Å². The van der Waals surface area contributed by atoms with Gasteiger partial charge in [0.1, 0.15) is 5.69 Å². The van der Waals surface area contributed by atoms with Gasteiger partial charge >= 0.3 is 30.8 Å². The highest BCUT2D eigenvalue weighted by molar-refractivity contribution is 5.71. The molecule has 3 nitrogen and oxygen atoms in total. The average Bonchev–Trinajstić information content (AvgIpc) is 2.63. The van der Waals surface area contributed by atoms with E-state index in [-0.39, 0.29) is 0 Å². The minimum Gasteiger partial charge on any atom is -0.444 e. The lowest BCUT2D eigenvalue weighted by atomic mass is 10.2. The lowest BCUT2D eigenvalue weighted by molar-refractivity contribution is -0.165. The van der Waals surface area contributed by atoms with Crippen LogP contribution in [0.3, 0.4) is 0 Å². The van der Waals surface area contributed by atoms with Gasteiger partial charge in [0.25, 0.3) is 0 Å². The van der Waals surface area contributed by atoms with Crippen molar-refractivity contribution in [3.8, 4) is 0 Å². The van der Waals surface area contributed by atoms with Crippen molar-refractivity contribution in [2.24, 2.45) is 4.99 Å². The fraction of sp³-hybridized carbons (Fsp3) is 0.462. The molecule has 0 atom stereocenters. The van der Waals surface area contributed by atoms with Gasteiger partial charge in [-0.3, -0.25) is 0 Å². The van der Waals surface area contributed by atoms with Crippen LogP contribution in [0.2, 0.25) is 0 Å². The van der Waals surface area contributed by atoms with Crippen molar-refractivity contribution >= 4 is 11.8 Å². The van der Waals surface area contributed by atoms with E-state index in [9.17, 15) is 57.1 Å². The topological polar surface area (TPSA) is 30.8 Å². The van der Waals surface area contributed by atoms with Crippen LogP contribution in [0.1, 0.15) is 0 Å². The highest BCUT2D eigenvalue weighted by atomic mass is 19.3. The standard InChI is InChI=1S/C13H6F13NO2/c14-3-4(15)6(17)8(7(18)5(3)16)27-11(28-1-12(23,24)9(19)20)29-2-13(25,26)10(21)22/h9-10H,1-2H2. The van der Waals surface area contributed by atoms with Crippen LogP contribution in [0.5, 0.6) is 0 Å². The molecule has 1 rings (SSSR count). The first-order valence-electron chi connectivity index (χ1n) is 6.79. The van der Waals surface area contributed by atoms with Crippen LogP contribution in [0.4, 0.5) is 62.8 Å². The molecule has 0 N–H and O–H groups in total. The van der Waals surface area contributed by atoms with Crippen LogP contribution in [0.15, 0.2) is 4.99 Å². The van der Waals surface area contributed by atoms with Gasteiger partial charge < -0.3 is 9.47 Å². The lowest BCUT2D eigenvalue weighted by Gasteiger charge is -2.19. The molecule has 0 aromatic heterocycles. The van der Waals surface area contributed by atoms with Crippen molar-refractivity contribution in [3.63, 3.8) is 0 Å². The molecule has 0 saturated heterocycles. The third kappa shape index (κ3) is 5.79. The van der Waals surface area contributed by atoms with E-state index in [1.54, 1.807) is 0 Å². The van der Waals surface area contributed by atoms with E-state index in [0.717, 1.165) is 0 Å². The molecule has 166 valence electrons. The van der Waals surface area contributed by atoms with Crippen LogP contribution >= 0.6 is 0 Å². The van der Waals surface area contributed by atoms with Crippen molar-refractivity contribution in [2.75, 3.05) is 13.2 Å². The van der Waals surface area contributed by atoms with Gasteiger partial charge in [0.15, 0.2) is 36.5 Å². The second-order valence-corrected chi connectivity index (χ2v) is 5.00. The summed E-state index contributed by atoms with van der Waals surface area (Å²) in [7, 11) is 0. The van der Waals surface area contributed by atoms with Gasteiger partial charge in [-0.25, -0.2) is 39.5 Å². The van der Waals surface area contributed by atoms with Crippen molar-refractivity contribution in [2.45, 2.75) is 24.7 Å². The zero-order valence-electron chi connectivity index (χ0n) is 13.2. The van der Waals surface area contributed by atoms with Crippen LogP contribution in [-0.4, -0.2) is 44.0 Å². The van der Waals surface area contributed by atoms with Gasteiger partial charge in [-0.2, -0.15) is 22.6 Å². The molecular formula is C13H6F13NO2. The Morgan fingerprint density at radius 1 is 0.655 bits per heavy atom. The minimum absolute atomic E-state index is 2.17. The summed E-state index contributed by atoms with van der Waals surface area (Å²) in [6.45, 7) is -4.89. The van der Waals surface area contributed by atoms with Gasteiger partial charge in [0.2, 0.25) is 5.82 Å². The summed E-state index contributed by atoms with van der Waals surface area (Å²) in [5.41, 5.74) is -2.21. The molecule has 0 aliphatic rings. The first kappa shape index (κ1) is 24.6. The normalized spacial score (nSPS) is 12.5. The van der Waals surface area contributed by atoms with E-state index >= 15 is 0 Å². The first-order valence-corrected chi connectivity index (χ1v) is 6.79. The second kappa shape index (κ2) is 8.94. The summed E-state index contributed by atoms with van der Waals surface area (Å²) < 4.78 is 173. The number of hydrogen-bond acceptors (Lipinski definition) is 3. The Morgan fingerprint density at radius 3 is 1.28 bits per heavy atom. The first-order chi connectivity index (χ1) is 13.1. The Hall–Kier alpha value is -2.42. The molecule has 0 fully saturated rings. The van der Waals surface area contributed by atoms with Crippen LogP contribution < -0.4 is 0 Å². The molecule has 1 aromatic rings. The Morgan fingerprint density at radius 2 is 0.966 bits per heavy atom. The molecule has 0 amide bonds. The highest BCUT2D eigenvalue weighted by Crippen LogP contribution is 2.31. The number of alkyl halides is 8. The lowest BCUT2D eigenvalue weighted by Crippen LogP contribution is -2.36.